The monoisotopic (exact) mass is 265 g/mol. The lowest BCUT2D eigenvalue weighted by molar-refractivity contribution is 0.180. The van der Waals surface area contributed by atoms with Gasteiger partial charge in [-0.15, -0.1) is 0 Å². The molecule has 0 saturated carbocycles. The summed E-state index contributed by atoms with van der Waals surface area (Å²) < 4.78 is 16.3. The number of rotatable bonds is 5. The molecule has 19 heavy (non-hydrogen) atoms. The van der Waals surface area contributed by atoms with Crippen molar-refractivity contribution in [3.8, 4) is 11.5 Å². The number of nitrogens with one attached hydrogen (secondary N) is 1. The SMILES string of the molecule is COCc1ccc(C2CCNCC2)c(OC)c1OC. The molecule has 2 rings (SSSR count). The van der Waals surface area contributed by atoms with Crippen molar-refractivity contribution in [1.82, 2.24) is 5.32 Å². The van der Waals surface area contributed by atoms with E-state index in [0.29, 0.717) is 12.5 Å². The zero-order chi connectivity index (χ0) is 13.7. The van der Waals surface area contributed by atoms with Crippen molar-refractivity contribution in [3.63, 3.8) is 0 Å². The second-order valence-corrected chi connectivity index (χ2v) is 4.84. The molecule has 0 atom stereocenters. The van der Waals surface area contributed by atoms with E-state index in [1.807, 2.05) is 0 Å². The van der Waals surface area contributed by atoms with E-state index in [1.165, 1.54) is 5.56 Å². The summed E-state index contributed by atoms with van der Waals surface area (Å²) in [6, 6.07) is 4.24. The molecule has 0 amide bonds. The van der Waals surface area contributed by atoms with Crippen LogP contribution in [0.2, 0.25) is 0 Å². The first kappa shape index (κ1) is 14.2. The summed E-state index contributed by atoms with van der Waals surface area (Å²) in [4.78, 5) is 0. The van der Waals surface area contributed by atoms with Crippen LogP contribution in [-0.4, -0.2) is 34.4 Å². The quantitative estimate of drug-likeness (QED) is 0.887. The highest BCUT2D eigenvalue weighted by atomic mass is 16.5. The molecule has 0 aromatic heterocycles. The highest BCUT2D eigenvalue weighted by Crippen LogP contribution is 2.41. The van der Waals surface area contributed by atoms with E-state index in [0.717, 1.165) is 43.0 Å². The first-order valence-electron chi connectivity index (χ1n) is 6.75. The minimum atomic E-state index is 0.534. The average Bonchev–Trinajstić information content (AvgIpc) is 2.47. The summed E-state index contributed by atoms with van der Waals surface area (Å²) in [5.41, 5.74) is 2.28. The van der Waals surface area contributed by atoms with E-state index in [9.17, 15) is 0 Å². The molecule has 4 heteroatoms. The Morgan fingerprint density at radius 2 is 1.74 bits per heavy atom. The van der Waals surface area contributed by atoms with E-state index in [4.69, 9.17) is 14.2 Å². The minimum absolute atomic E-state index is 0.534. The van der Waals surface area contributed by atoms with E-state index in [-0.39, 0.29) is 0 Å². The lowest BCUT2D eigenvalue weighted by Crippen LogP contribution is -2.26. The standard InChI is InChI=1S/C15H23NO3/c1-17-10-12-4-5-13(11-6-8-16-9-7-11)15(19-3)14(12)18-2/h4-5,11,16H,6-10H2,1-3H3. The molecule has 1 aromatic carbocycles. The Morgan fingerprint density at radius 1 is 1.05 bits per heavy atom. The summed E-state index contributed by atoms with van der Waals surface area (Å²) in [5, 5.41) is 3.39. The van der Waals surface area contributed by atoms with Gasteiger partial charge < -0.3 is 19.5 Å². The lowest BCUT2D eigenvalue weighted by Gasteiger charge is -2.26. The van der Waals surface area contributed by atoms with Gasteiger partial charge in [-0.2, -0.15) is 0 Å². The first-order chi connectivity index (χ1) is 9.31. The van der Waals surface area contributed by atoms with Crippen LogP contribution in [0.4, 0.5) is 0 Å². The highest BCUT2D eigenvalue weighted by Gasteiger charge is 2.23. The van der Waals surface area contributed by atoms with Gasteiger partial charge in [0.25, 0.3) is 0 Å². The zero-order valence-corrected chi connectivity index (χ0v) is 12.0. The molecule has 1 aliphatic heterocycles. The number of piperidine rings is 1. The topological polar surface area (TPSA) is 39.7 Å². The van der Waals surface area contributed by atoms with Gasteiger partial charge in [0, 0.05) is 18.2 Å². The maximum atomic E-state index is 5.61. The lowest BCUT2D eigenvalue weighted by atomic mass is 9.88. The van der Waals surface area contributed by atoms with Crippen LogP contribution >= 0.6 is 0 Å². The second kappa shape index (κ2) is 6.78. The van der Waals surface area contributed by atoms with Crippen molar-refractivity contribution < 1.29 is 14.2 Å². The van der Waals surface area contributed by atoms with E-state index in [2.05, 4.69) is 17.4 Å². The molecule has 0 aliphatic carbocycles. The van der Waals surface area contributed by atoms with E-state index < -0.39 is 0 Å². The summed E-state index contributed by atoms with van der Waals surface area (Å²) in [5.74, 6) is 2.21. The van der Waals surface area contributed by atoms with Gasteiger partial charge in [-0.25, -0.2) is 0 Å². The van der Waals surface area contributed by atoms with Crippen molar-refractivity contribution in [2.24, 2.45) is 0 Å². The molecular formula is C15H23NO3. The van der Waals surface area contributed by atoms with E-state index >= 15 is 0 Å². The molecule has 1 fully saturated rings. The molecule has 0 bridgehead atoms. The van der Waals surface area contributed by atoms with Gasteiger partial charge in [0.05, 0.1) is 20.8 Å². The third kappa shape index (κ3) is 3.01. The van der Waals surface area contributed by atoms with Crippen molar-refractivity contribution in [3.05, 3.63) is 23.3 Å². The summed E-state index contributed by atoms with van der Waals surface area (Å²) >= 11 is 0. The van der Waals surface area contributed by atoms with Crippen molar-refractivity contribution >= 4 is 0 Å². The number of ether oxygens (including phenoxy) is 3. The van der Waals surface area contributed by atoms with Gasteiger partial charge in [-0.05, 0) is 31.8 Å². The smallest absolute Gasteiger partial charge is 0.166 e. The van der Waals surface area contributed by atoms with Crippen LogP contribution in [0.1, 0.15) is 29.9 Å². The average molecular weight is 265 g/mol. The van der Waals surface area contributed by atoms with Gasteiger partial charge in [-0.1, -0.05) is 12.1 Å². The van der Waals surface area contributed by atoms with Crippen LogP contribution < -0.4 is 14.8 Å². The Hall–Kier alpha value is -1.26. The Morgan fingerprint density at radius 3 is 2.32 bits per heavy atom. The molecule has 0 unspecified atom stereocenters. The summed E-state index contributed by atoms with van der Waals surface area (Å²) in [6.07, 6.45) is 2.28. The molecule has 1 heterocycles. The third-order valence-electron chi connectivity index (χ3n) is 3.71. The summed E-state index contributed by atoms with van der Waals surface area (Å²) in [7, 11) is 5.08. The molecule has 1 aliphatic rings. The Balaban J connectivity index is 2.37. The molecule has 1 saturated heterocycles. The molecule has 0 radical (unpaired) electrons. The van der Waals surface area contributed by atoms with Crippen LogP contribution in [0.5, 0.6) is 11.5 Å². The largest absolute Gasteiger partial charge is 0.493 e. The first-order valence-corrected chi connectivity index (χ1v) is 6.75. The fourth-order valence-corrected chi connectivity index (χ4v) is 2.78. The number of hydrogen-bond donors (Lipinski definition) is 1. The van der Waals surface area contributed by atoms with Crippen LogP contribution in [0, 0.1) is 0 Å². The molecule has 106 valence electrons. The predicted molar refractivity (Wildman–Crippen MR) is 75.1 cm³/mol. The van der Waals surface area contributed by atoms with Crippen LogP contribution in [0.25, 0.3) is 0 Å². The Labute approximate surface area is 115 Å². The number of hydrogen-bond acceptors (Lipinski definition) is 4. The van der Waals surface area contributed by atoms with Gasteiger partial charge in [0.1, 0.15) is 0 Å². The number of methoxy groups -OCH3 is 3. The summed E-state index contributed by atoms with van der Waals surface area (Å²) in [6.45, 7) is 2.66. The molecule has 4 nitrogen and oxygen atoms in total. The fraction of sp³-hybridized carbons (Fsp3) is 0.600. The van der Waals surface area contributed by atoms with Gasteiger partial charge in [0.2, 0.25) is 0 Å². The van der Waals surface area contributed by atoms with Gasteiger partial charge >= 0.3 is 0 Å². The normalized spacial score (nSPS) is 16.4. The third-order valence-corrected chi connectivity index (χ3v) is 3.71. The molecule has 1 N–H and O–H groups in total. The number of benzene rings is 1. The molecular weight excluding hydrogens is 242 g/mol. The zero-order valence-electron chi connectivity index (χ0n) is 12.0. The predicted octanol–water partition coefficient (Wildman–Crippen LogP) is 2.32. The van der Waals surface area contributed by atoms with Crippen molar-refractivity contribution in [2.75, 3.05) is 34.4 Å². The van der Waals surface area contributed by atoms with Crippen LogP contribution in [0.3, 0.4) is 0 Å². The minimum Gasteiger partial charge on any atom is -0.493 e. The molecule has 0 spiro atoms. The maximum absolute atomic E-state index is 5.61. The van der Waals surface area contributed by atoms with Crippen LogP contribution in [0.15, 0.2) is 12.1 Å². The second-order valence-electron chi connectivity index (χ2n) is 4.84. The Kier molecular flexibility index (Phi) is 5.05. The van der Waals surface area contributed by atoms with Gasteiger partial charge in [0.15, 0.2) is 11.5 Å². The van der Waals surface area contributed by atoms with Crippen molar-refractivity contribution in [2.45, 2.75) is 25.4 Å². The van der Waals surface area contributed by atoms with Crippen LogP contribution in [-0.2, 0) is 11.3 Å². The van der Waals surface area contributed by atoms with Gasteiger partial charge in [-0.3, -0.25) is 0 Å². The van der Waals surface area contributed by atoms with Crippen molar-refractivity contribution in [1.29, 1.82) is 0 Å². The maximum Gasteiger partial charge on any atom is 0.166 e. The highest BCUT2D eigenvalue weighted by molar-refractivity contribution is 5.53. The Bertz CT molecular complexity index is 414. The fourth-order valence-electron chi connectivity index (χ4n) is 2.78. The van der Waals surface area contributed by atoms with E-state index in [1.54, 1.807) is 21.3 Å². The molecule has 1 aromatic rings.